The van der Waals surface area contributed by atoms with Gasteiger partial charge >= 0.3 is 0 Å². The van der Waals surface area contributed by atoms with Gasteiger partial charge in [-0.25, -0.2) is 0 Å². The zero-order valence-corrected chi connectivity index (χ0v) is 16.5. The lowest BCUT2D eigenvalue weighted by atomic mass is 10.1. The second kappa shape index (κ2) is 7.83. The van der Waals surface area contributed by atoms with Crippen LogP contribution in [-0.2, 0) is 6.54 Å². The average Bonchev–Trinajstić information content (AvgIpc) is 3.08. The van der Waals surface area contributed by atoms with Crippen LogP contribution in [0.5, 0.6) is 0 Å². The summed E-state index contributed by atoms with van der Waals surface area (Å²) in [5.41, 5.74) is 2.67. The van der Waals surface area contributed by atoms with Gasteiger partial charge < -0.3 is 9.42 Å². The molecule has 5 nitrogen and oxygen atoms in total. The molecule has 0 fully saturated rings. The lowest BCUT2D eigenvalue weighted by Crippen LogP contribution is -2.36. The van der Waals surface area contributed by atoms with Gasteiger partial charge in [-0.3, -0.25) is 4.79 Å². The third kappa shape index (κ3) is 4.02. The Morgan fingerprint density at radius 3 is 2.50 bits per heavy atom. The summed E-state index contributed by atoms with van der Waals surface area (Å²) in [6.07, 6.45) is 0. The first-order chi connectivity index (χ1) is 12.5. The minimum atomic E-state index is -0.0810. The van der Waals surface area contributed by atoms with Crippen LogP contribution in [0.2, 0.25) is 0 Å². The van der Waals surface area contributed by atoms with Gasteiger partial charge in [0.25, 0.3) is 5.91 Å². The van der Waals surface area contributed by atoms with Gasteiger partial charge in [-0.05, 0) is 48.8 Å². The molecule has 0 unspecified atom stereocenters. The molecular formula is C20H20BrN3O2. The number of benzene rings is 2. The van der Waals surface area contributed by atoms with Gasteiger partial charge in [-0.2, -0.15) is 4.98 Å². The highest BCUT2D eigenvalue weighted by Crippen LogP contribution is 2.21. The first-order valence-corrected chi connectivity index (χ1v) is 9.20. The van der Waals surface area contributed by atoms with E-state index < -0.39 is 0 Å². The highest BCUT2D eigenvalue weighted by molar-refractivity contribution is 9.10. The van der Waals surface area contributed by atoms with Crippen LogP contribution in [-0.4, -0.2) is 27.0 Å². The van der Waals surface area contributed by atoms with Crippen molar-refractivity contribution < 1.29 is 9.32 Å². The van der Waals surface area contributed by atoms with Crippen LogP contribution in [0.25, 0.3) is 11.4 Å². The number of carbonyl (C=O) groups excluding carboxylic acids is 1. The molecule has 0 saturated carbocycles. The molecule has 134 valence electrons. The summed E-state index contributed by atoms with van der Waals surface area (Å²) in [6, 6.07) is 15.3. The summed E-state index contributed by atoms with van der Waals surface area (Å²) in [4.78, 5) is 19.1. The molecule has 0 aliphatic heterocycles. The van der Waals surface area contributed by atoms with Gasteiger partial charge in [0.15, 0.2) is 0 Å². The van der Waals surface area contributed by atoms with E-state index in [1.807, 2.05) is 63.2 Å². The zero-order chi connectivity index (χ0) is 18.7. The Balaban J connectivity index is 1.82. The summed E-state index contributed by atoms with van der Waals surface area (Å²) in [6.45, 7) is 6.22. The van der Waals surface area contributed by atoms with Crippen molar-refractivity contribution in [2.24, 2.45) is 0 Å². The normalized spacial score (nSPS) is 11.0. The molecule has 0 saturated heterocycles. The molecule has 26 heavy (non-hydrogen) atoms. The quantitative estimate of drug-likeness (QED) is 0.599. The predicted molar refractivity (Wildman–Crippen MR) is 104 cm³/mol. The fourth-order valence-corrected chi connectivity index (χ4v) is 3.02. The van der Waals surface area contributed by atoms with E-state index in [0.29, 0.717) is 17.3 Å². The maximum atomic E-state index is 12.9. The molecule has 1 aromatic heterocycles. The van der Waals surface area contributed by atoms with Crippen LogP contribution in [0.3, 0.4) is 0 Å². The summed E-state index contributed by atoms with van der Waals surface area (Å²) in [7, 11) is 0. The fraction of sp³-hybridized carbons (Fsp3) is 0.250. The number of halogens is 1. The number of carbonyl (C=O) groups is 1. The van der Waals surface area contributed by atoms with E-state index in [4.69, 9.17) is 4.52 Å². The van der Waals surface area contributed by atoms with Crippen molar-refractivity contribution in [3.8, 4) is 11.4 Å². The number of rotatable bonds is 5. The summed E-state index contributed by atoms with van der Waals surface area (Å²) >= 11 is 3.44. The van der Waals surface area contributed by atoms with Crippen molar-refractivity contribution in [2.45, 2.75) is 33.4 Å². The maximum absolute atomic E-state index is 12.9. The summed E-state index contributed by atoms with van der Waals surface area (Å²) in [5, 5.41) is 4.04. The first kappa shape index (κ1) is 18.3. The number of hydrogen-bond donors (Lipinski definition) is 0. The van der Waals surface area contributed by atoms with Crippen molar-refractivity contribution in [2.75, 3.05) is 0 Å². The van der Waals surface area contributed by atoms with E-state index in [1.54, 1.807) is 11.0 Å². The van der Waals surface area contributed by atoms with Crippen molar-refractivity contribution in [3.63, 3.8) is 0 Å². The Bertz CT molecular complexity index is 903. The van der Waals surface area contributed by atoms with Gasteiger partial charge in [-0.15, -0.1) is 0 Å². The van der Waals surface area contributed by atoms with Crippen molar-refractivity contribution in [1.82, 2.24) is 15.0 Å². The lowest BCUT2D eigenvalue weighted by molar-refractivity contribution is 0.0666. The lowest BCUT2D eigenvalue weighted by Gasteiger charge is -2.25. The molecule has 0 N–H and O–H groups in total. The number of hydrogen-bond acceptors (Lipinski definition) is 4. The van der Waals surface area contributed by atoms with E-state index >= 15 is 0 Å². The van der Waals surface area contributed by atoms with Gasteiger partial charge in [0.2, 0.25) is 11.7 Å². The van der Waals surface area contributed by atoms with Gasteiger partial charge in [0.05, 0.1) is 5.56 Å². The molecule has 0 aliphatic carbocycles. The molecule has 0 spiro atoms. The minimum Gasteiger partial charge on any atom is -0.337 e. The highest BCUT2D eigenvalue weighted by atomic mass is 79.9. The van der Waals surface area contributed by atoms with Crippen molar-refractivity contribution in [1.29, 1.82) is 0 Å². The number of aromatic nitrogens is 2. The molecule has 1 amide bonds. The van der Waals surface area contributed by atoms with E-state index in [9.17, 15) is 4.79 Å². The molecule has 6 heteroatoms. The Hall–Kier alpha value is -2.47. The second-order valence-electron chi connectivity index (χ2n) is 6.38. The minimum absolute atomic E-state index is 0.00988. The average molecular weight is 414 g/mol. The van der Waals surface area contributed by atoms with Gasteiger partial charge in [0.1, 0.15) is 6.54 Å². The molecule has 3 aromatic rings. The monoisotopic (exact) mass is 413 g/mol. The van der Waals surface area contributed by atoms with Crippen molar-refractivity contribution in [3.05, 3.63) is 70.0 Å². The molecule has 0 atom stereocenters. The van der Waals surface area contributed by atoms with Crippen LogP contribution in [0.4, 0.5) is 0 Å². The number of nitrogens with zero attached hydrogens (tertiary/aromatic N) is 3. The zero-order valence-electron chi connectivity index (χ0n) is 14.9. The Labute approximate surface area is 161 Å². The van der Waals surface area contributed by atoms with E-state index in [1.165, 1.54) is 5.56 Å². The third-order valence-electron chi connectivity index (χ3n) is 4.07. The number of amides is 1. The van der Waals surface area contributed by atoms with Crippen LogP contribution in [0.15, 0.2) is 57.5 Å². The number of aryl methyl sites for hydroxylation is 1. The Morgan fingerprint density at radius 2 is 1.85 bits per heavy atom. The smallest absolute Gasteiger partial charge is 0.255 e. The Kier molecular flexibility index (Phi) is 5.52. The summed E-state index contributed by atoms with van der Waals surface area (Å²) in [5.74, 6) is 0.856. The van der Waals surface area contributed by atoms with Crippen LogP contribution < -0.4 is 0 Å². The molecule has 2 aromatic carbocycles. The van der Waals surface area contributed by atoms with E-state index in [2.05, 4.69) is 26.1 Å². The molecule has 0 radical (unpaired) electrons. The van der Waals surface area contributed by atoms with Crippen LogP contribution in [0.1, 0.15) is 35.7 Å². The van der Waals surface area contributed by atoms with E-state index in [0.717, 1.165) is 10.0 Å². The van der Waals surface area contributed by atoms with Crippen LogP contribution in [0, 0.1) is 6.92 Å². The fourth-order valence-electron chi connectivity index (χ4n) is 2.56. The molecule has 0 bridgehead atoms. The Morgan fingerprint density at radius 1 is 1.15 bits per heavy atom. The van der Waals surface area contributed by atoms with Crippen LogP contribution >= 0.6 is 15.9 Å². The first-order valence-electron chi connectivity index (χ1n) is 8.41. The SMILES string of the molecule is Cc1ccc(-c2noc(CN(C(=O)c3ccccc3Br)C(C)C)n2)cc1. The molecule has 1 heterocycles. The largest absolute Gasteiger partial charge is 0.337 e. The maximum Gasteiger partial charge on any atom is 0.255 e. The predicted octanol–water partition coefficient (Wildman–Crippen LogP) is 4.86. The standard InChI is InChI=1S/C20H20BrN3O2/c1-13(2)24(20(25)16-6-4-5-7-17(16)21)12-18-22-19(23-26-18)15-10-8-14(3)9-11-15/h4-11,13H,12H2,1-3H3. The van der Waals surface area contributed by atoms with Crippen molar-refractivity contribution >= 4 is 21.8 Å². The topological polar surface area (TPSA) is 59.2 Å². The molecule has 3 rings (SSSR count). The summed E-state index contributed by atoms with van der Waals surface area (Å²) < 4.78 is 6.14. The van der Waals surface area contributed by atoms with Gasteiger partial charge in [-0.1, -0.05) is 47.1 Å². The van der Waals surface area contributed by atoms with Gasteiger partial charge in [0, 0.05) is 16.1 Å². The molecular weight excluding hydrogens is 394 g/mol. The second-order valence-corrected chi connectivity index (χ2v) is 7.24. The van der Waals surface area contributed by atoms with E-state index in [-0.39, 0.29) is 18.5 Å². The molecule has 0 aliphatic rings. The highest BCUT2D eigenvalue weighted by Gasteiger charge is 2.23. The third-order valence-corrected chi connectivity index (χ3v) is 4.76.